The Balaban J connectivity index is 2.77. The van der Waals surface area contributed by atoms with Gasteiger partial charge >= 0.3 is 5.97 Å². The Morgan fingerprint density at radius 2 is 2.06 bits per heavy atom. The fourth-order valence-corrected chi connectivity index (χ4v) is 1.45. The van der Waals surface area contributed by atoms with Crippen molar-refractivity contribution in [3.05, 3.63) is 17.0 Å². The molecule has 17 heavy (non-hydrogen) atoms. The fourth-order valence-electron chi connectivity index (χ4n) is 1.45. The minimum absolute atomic E-state index is 0.166. The monoisotopic (exact) mass is 239 g/mol. The molecule has 6 nitrogen and oxygen atoms in total. The summed E-state index contributed by atoms with van der Waals surface area (Å²) in [6.07, 6.45) is 0. The molecule has 0 aromatic carbocycles. The molecule has 1 aromatic rings. The Morgan fingerprint density at radius 3 is 2.47 bits per heavy atom. The third kappa shape index (κ3) is 2.83. The molecular formula is C11H17N3O3. The molecule has 0 bridgehead atoms. The van der Waals surface area contributed by atoms with E-state index >= 15 is 0 Å². The van der Waals surface area contributed by atoms with Crippen LogP contribution in [0, 0.1) is 19.8 Å². The number of aliphatic carboxylic acids is 1. The van der Waals surface area contributed by atoms with Gasteiger partial charge in [0.25, 0.3) is 5.91 Å². The molecule has 1 atom stereocenters. The number of aromatic nitrogens is 2. The first-order chi connectivity index (χ1) is 7.84. The number of nitrogens with zero attached hydrogens (tertiary/aromatic N) is 2. The third-order valence-corrected chi connectivity index (χ3v) is 2.77. The van der Waals surface area contributed by atoms with Gasteiger partial charge in [-0.3, -0.25) is 14.7 Å². The maximum Gasteiger partial charge on any atom is 0.308 e. The summed E-state index contributed by atoms with van der Waals surface area (Å²) >= 11 is 0. The standard InChI is InChI=1S/C11H17N3O3/c1-6(11(16)17)5-14(4)10(15)9-7(2)8(3)12-13-9/h6H,5H2,1-4H3,(H,12,13)(H,16,17). The maximum absolute atomic E-state index is 12.0. The van der Waals surface area contributed by atoms with Gasteiger partial charge in [0.15, 0.2) is 5.69 Å². The van der Waals surface area contributed by atoms with Crippen LogP contribution >= 0.6 is 0 Å². The van der Waals surface area contributed by atoms with Crippen LogP contribution in [0.4, 0.5) is 0 Å². The number of H-pyrrole nitrogens is 1. The third-order valence-electron chi connectivity index (χ3n) is 2.77. The number of carbonyl (C=O) groups is 2. The molecule has 0 aliphatic carbocycles. The topological polar surface area (TPSA) is 86.3 Å². The average Bonchev–Trinajstić information content (AvgIpc) is 2.58. The van der Waals surface area contributed by atoms with Gasteiger partial charge in [-0.25, -0.2) is 0 Å². The molecule has 0 spiro atoms. The fraction of sp³-hybridized carbons (Fsp3) is 0.545. The van der Waals surface area contributed by atoms with E-state index in [1.54, 1.807) is 20.9 Å². The molecule has 94 valence electrons. The van der Waals surface area contributed by atoms with Crippen molar-refractivity contribution in [3.63, 3.8) is 0 Å². The summed E-state index contributed by atoms with van der Waals surface area (Å²) in [5.74, 6) is -1.77. The Morgan fingerprint density at radius 1 is 1.47 bits per heavy atom. The normalized spacial score (nSPS) is 12.2. The molecule has 0 fully saturated rings. The van der Waals surface area contributed by atoms with E-state index < -0.39 is 11.9 Å². The van der Waals surface area contributed by atoms with Crippen LogP contribution in [0.1, 0.15) is 28.7 Å². The van der Waals surface area contributed by atoms with Gasteiger partial charge in [0.05, 0.1) is 5.92 Å². The number of aromatic amines is 1. The highest BCUT2D eigenvalue weighted by Gasteiger charge is 2.22. The highest BCUT2D eigenvalue weighted by Crippen LogP contribution is 2.11. The minimum atomic E-state index is -0.917. The number of carboxylic acids is 1. The van der Waals surface area contributed by atoms with Gasteiger partial charge in [-0.1, -0.05) is 6.92 Å². The summed E-state index contributed by atoms with van der Waals surface area (Å²) in [7, 11) is 1.57. The van der Waals surface area contributed by atoms with Crippen molar-refractivity contribution in [2.24, 2.45) is 5.92 Å². The van der Waals surface area contributed by atoms with E-state index in [-0.39, 0.29) is 12.5 Å². The lowest BCUT2D eigenvalue weighted by atomic mass is 10.1. The van der Waals surface area contributed by atoms with Crippen molar-refractivity contribution in [2.45, 2.75) is 20.8 Å². The Kier molecular flexibility index (Phi) is 3.88. The summed E-state index contributed by atoms with van der Waals surface area (Å²) in [6, 6.07) is 0. The van der Waals surface area contributed by atoms with Crippen LogP contribution in [0.25, 0.3) is 0 Å². The molecule has 0 radical (unpaired) electrons. The van der Waals surface area contributed by atoms with Crippen LogP contribution in [0.3, 0.4) is 0 Å². The highest BCUT2D eigenvalue weighted by atomic mass is 16.4. The van der Waals surface area contributed by atoms with Gasteiger partial charge < -0.3 is 10.0 Å². The molecule has 2 N–H and O–H groups in total. The predicted octanol–water partition coefficient (Wildman–Crippen LogP) is 0.819. The quantitative estimate of drug-likeness (QED) is 0.814. The second-order valence-electron chi connectivity index (χ2n) is 4.25. The highest BCUT2D eigenvalue weighted by molar-refractivity contribution is 5.93. The van der Waals surface area contributed by atoms with Crippen molar-refractivity contribution >= 4 is 11.9 Å². The molecule has 1 unspecified atom stereocenters. The van der Waals surface area contributed by atoms with Crippen LogP contribution in [-0.4, -0.2) is 45.7 Å². The van der Waals surface area contributed by atoms with E-state index in [9.17, 15) is 9.59 Å². The lowest BCUT2D eigenvalue weighted by molar-refractivity contribution is -0.141. The zero-order valence-corrected chi connectivity index (χ0v) is 10.4. The molecule has 1 amide bonds. The van der Waals surface area contributed by atoms with Crippen LogP contribution < -0.4 is 0 Å². The maximum atomic E-state index is 12.0. The summed E-state index contributed by atoms with van der Waals surface area (Å²) in [4.78, 5) is 24.1. The Bertz CT molecular complexity index is 439. The Hall–Kier alpha value is -1.85. The summed E-state index contributed by atoms with van der Waals surface area (Å²) in [5, 5.41) is 15.4. The van der Waals surface area contributed by atoms with E-state index in [0.717, 1.165) is 11.3 Å². The lowest BCUT2D eigenvalue weighted by Crippen LogP contribution is -2.34. The number of carbonyl (C=O) groups excluding carboxylic acids is 1. The van der Waals surface area contributed by atoms with Gasteiger partial charge in [-0.2, -0.15) is 5.10 Å². The van der Waals surface area contributed by atoms with E-state index in [4.69, 9.17) is 5.11 Å². The summed E-state index contributed by atoms with van der Waals surface area (Å²) < 4.78 is 0. The number of nitrogens with one attached hydrogen (secondary N) is 1. The number of amides is 1. The van der Waals surface area contributed by atoms with Crippen molar-refractivity contribution < 1.29 is 14.7 Å². The van der Waals surface area contributed by atoms with E-state index in [2.05, 4.69) is 10.2 Å². The Labute approximate surface area is 99.6 Å². The largest absolute Gasteiger partial charge is 0.481 e. The van der Waals surface area contributed by atoms with Crippen LogP contribution in [0.2, 0.25) is 0 Å². The lowest BCUT2D eigenvalue weighted by Gasteiger charge is -2.18. The SMILES string of the molecule is Cc1[nH]nc(C(=O)N(C)CC(C)C(=O)O)c1C. The van der Waals surface area contributed by atoms with Crippen molar-refractivity contribution in [1.82, 2.24) is 15.1 Å². The number of hydrogen-bond donors (Lipinski definition) is 2. The van der Waals surface area contributed by atoms with Gasteiger partial charge in [0.1, 0.15) is 0 Å². The molecule has 0 saturated heterocycles. The smallest absolute Gasteiger partial charge is 0.308 e. The average molecular weight is 239 g/mol. The molecule has 1 aromatic heterocycles. The molecule has 0 saturated carbocycles. The van der Waals surface area contributed by atoms with Gasteiger partial charge in [0.2, 0.25) is 0 Å². The summed E-state index contributed by atoms with van der Waals surface area (Å²) in [6.45, 7) is 5.37. The molecule has 6 heteroatoms. The predicted molar refractivity (Wildman–Crippen MR) is 61.8 cm³/mol. The zero-order chi connectivity index (χ0) is 13.2. The van der Waals surface area contributed by atoms with Gasteiger partial charge in [0, 0.05) is 24.8 Å². The van der Waals surface area contributed by atoms with Gasteiger partial charge in [-0.15, -0.1) is 0 Å². The first-order valence-electron chi connectivity index (χ1n) is 5.34. The van der Waals surface area contributed by atoms with Crippen molar-refractivity contribution in [2.75, 3.05) is 13.6 Å². The van der Waals surface area contributed by atoms with E-state index in [0.29, 0.717) is 5.69 Å². The van der Waals surface area contributed by atoms with E-state index in [1.807, 2.05) is 6.92 Å². The molecule has 1 heterocycles. The number of aryl methyl sites for hydroxylation is 1. The molecular weight excluding hydrogens is 222 g/mol. The van der Waals surface area contributed by atoms with Crippen LogP contribution in [-0.2, 0) is 4.79 Å². The second-order valence-corrected chi connectivity index (χ2v) is 4.25. The van der Waals surface area contributed by atoms with Gasteiger partial charge in [-0.05, 0) is 13.8 Å². The molecule has 1 rings (SSSR count). The van der Waals surface area contributed by atoms with Crippen LogP contribution in [0.15, 0.2) is 0 Å². The first kappa shape index (κ1) is 13.2. The molecule has 0 aliphatic rings. The molecule has 0 aliphatic heterocycles. The summed E-state index contributed by atoms with van der Waals surface area (Å²) in [5.41, 5.74) is 1.99. The number of rotatable bonds is 4. The van der Waals surface area contributed by atoms with E-state index in [1.165, 1.54) is 4.90 Å². The second kappa shape index (κ2) is 4.99. The van der Waals surface area contributed by atoms with Crippen LogP contribution in [0.5, 0.6) is 0 Å². The number of hydrogen-bond acceptors (Lipinski definition) is 3. The van der Waals surface area contributed by atoms with Crippen molar-refractivity contribution in [1.29, 1.82) is 0 Å². The van der Waals surface area contributed by atoms with Crippen molar-refractivity contribution in [3.8, 4) is 0 Å². The number of carboxylic acid groups (broad SMARTS) is 1. The minimum Gasteiger partial charge on any atom is -0.481 e. The zero-order valence-electron chi connectivity index (χ0n) is 10.4. The first-order valence-corrected chi connectivity index (χ1v) is 5.34.